The van der Waals surface area contributed by atoms with Gasteiger partial charge in [0, 0.05) is 32.9 Å². The molecule has 0 aromatic heterocycles. The Hall–Kier alpha value is -0.970. The number of guanidine groups is 1. The van der Waals surface area contributed by atoms with Crippen molar-refractivity contribution in [2.24, 2.45) is 4.99 Å². The van der Waals surface area contributed by atoms with Gasteiger partial charge in [-0.1, -0.05) is 156 Å². The summed E-state index contributed by atoms with van der Waals surface area (Å²) >= 11 is 0. The van der Waals surface area contributed by atoms with Crippen LogP contribution in [0.5, 0.6) is 0 Å². The van der Waals surface area contributed by atoms with Crippen molar-refractivity contribution in [1.29, 1.82) is 0 Å². The Morgan fingerprint density at radius 2 is 0.714 bits per heavy atom. The summed E-state index contributed by atoms with van der Waals surface area (Å²) in [5.41, 5.74) is 0. The Morgan fingerprint density at radius 3 is 1.04 bits per heavy atom. The van der Waals surface area contributed by atoms with Gasteiger partial charge in [-0.15, -0.1) is 0 Å². The SMILES string of the molecule is CCCCCCCCCCOCC(O)CN=C(NCC(O)COCCCCCCCCCC)NCC(O)COCCCCCCCCCC. The summed E-state index contributed by atoms with van der Waals surface area (Å²) in [6, 6.07) is 0. The molecule has 9 nitrogen and oxygen atoms in total. The molecular weight excluding hydrogens is 618 g/mol. The van der Waals surface area contributed by atoms with Gasteiger partial charge in [0.05, 0.1) is 44.7 Å². The van der Waals surface area contributed by atoms with Gasteiger partial charge in [0.2, 0.25) is 0 Å². The van der Waals surface area contributed by atoms with Crippen molar-refractivity contribution in [1.82, 2.24) is 10.6 Å². The highest BCUT2D eigenvalue weighted by molar-refractivity contribution is 5.79. The van der Waals surface area contributed by atoms with E-state index in [9.17, 15) is 15.3 Å². The Bertz CT molecular complexity index is 636. The fourth-order valence-corrected chi connectivity index (χ4v) is 5.64. The second kappa shape index (κ2) is 39.8. The number of hydrogen-bond donors (Lipinski definition) is 5. The predicted octanol–water partition coefficient (Wildman–Crippen LogP) is 8.08. The summed E-state index contributed by atoms with van der Waals surface area (Å²) in [5.74, 6) is 0.423. The zero-order valence-corrected chi connectivity index (χ0v) is 32.6. The minimum absolute atomic E-state index is 0.156. The lowest BCUT2D eigenvalue weighted by atomic mass is 10.1. The molecule has 3 unspecified atom stereocenters. The molecule has 0 aliphatic carbocycles. The molecule has 0 fully saturated rings. The smallest absolute Gasteiger partial charge is 0.191 e. The van der Waals surface area contributed by atoms with Gasteiger partial charge in [0.15, 0.2) is 5.96 Å². The summed E-state index contributed by atoms with van der Waals surface area (Å²) < 4.78 is 17.1. The van der Waals surface area contributed by atoms with Crippen molar-refractivity contribution in [3.8, 4) is 0 Å². The Kier molecular flexibility index (Phi) is 39.0. The maximum Gasteiger partial charge on any atom is 0.191 e. The monoisotopic (exact) mass is 702 g/mol. The lowest BCUT2D eigenvalue weighted by molar-refractivity contribution is 0.0353. The fraction of sp³-hybridized carbons (Fsp3) is 0.975. The average molecular weight is 702 g/mol. The highest BCUT2D eigenvalue weighted by Crippen LogP contribution is 2.10. The molecule has 0 aromatic carbocycles. The molecule has 0 saturated heterocycles. The summed E-state index contributed by atoms with van der Waals surface area (Å²) in [4.78, 5) is 4.51. The summed E-state index contributed by atoms with van der Waals surface area (Å²) in [5, 5.41) is 37.7. The van der Waals surface area contributed by atoms with Crippen LogP contribution in [0.3, 0.4) is 0 Å². The molecule has 0 aromatic rings. The van der Waals surface area contributed by atoms with E-state index in [-0.39, 0.29) is 39.5 Å². The van der Waals surface area contributed by atoms with Crippen LogP contribution < -0.4 is 10.6 Å². The first-order valence-electron chi connectivity index (χ1n) is 20.8. The van der Waals surface area contributed by atoms with E-state index in [1.807, 2.05) is 0 Å². The molecule has 294 valence electrons. The molecule has 0 aliphatic rings. The van der Waals surface area contributed by atoms with Crippen LogP contribution >= 0.6 is 0 Å². The zero-order chi connectivity index (χ0) is 35.9. The zero-order valence-electron chi connectivity index (χ0n) is 32.6. The third-order valence-corrected chi connectivity index (χ3v) is 8.83. The van der Waals surface area contributed by atoms with Crippen LogP contribution in [0.1, 0.15) is 175 Å². The maximum atomic E-state index is 10.5. The van der Waals surface area contributed by atoms with E-state index in [2.05, 4.69) is 36.4 Å². The van der Waals surface area contributed by atoms with Crippen LogP contribution in [0.25, 0.3) is 0 Å². The Morgan fingerprint density at radius 1 is 0.429 bits per heavy atom. The molecular formula is C40H83N3O6. The average Bonchev–Trinajstić information content (AvgIpc) is 3.10. The molecule has 0 radical (unpaired) electrons. The fourth-order valence-electron chi connectivity index (χ4n) is 5.64. The van der Waals surface area contributed by atoms with E-state index in [1.54, 1.807) is 0 Å². The summed E-state index contributed by atoms with van der Waals surface area (Å²) in [6.07, 6.45) is 27.8. The van der Waals surface area contributed by atoms with E-state index in [0.717, 1.165) is 38.5 Å². The number of hydrogen-bond acceptors (Lipinski definition) is 7. The van der Waals surface area contributed by atoms with Crippen molar-refractivity contribution in [2.45, 2.75) is 193 Å². The second-order valence-electron chi connectivity index (χ2n) is 14.1. The normalized spacial score (nSPS) is 13.3. The van der Waals surface area contributed by atoms with Gasteiger partial charge in [-0.2, -0.15) is 0 Å². The van der Waals surface area contributed by atoms with Gasteiger partial charge in [-0.3, -0.25) is 4.99 Å². The first kappa shape index (κ1) is 48.0. The standard InChI is InChI=1S/C40H83N3O6/c1-4-7-10-13-16-19-22-25-28-47-34-37(44)31-41-40(42-32-38(45)35-48-29-26-23-20-17-14-11-8-5-2)43-33-39(46)36-49-30-27-24-21-18-15-12-9-6-3/h37-39,44-46H,4-36H2,1-3H3,(H2,41,42,43). The van der Waals surface area contributed by atoms with Crippen molar-refractivity contribution in [2.75, 3.05) is 59.3 Å². The summed E-state index contributed by atoms with van der Waals surface area (Å²) in [6.45, 7) is 10.1. The van der Waals surface area contributed by atoms with Crippen molar-refractivity contribution in [3.63, 3.8) is 0 Å². The number of nitrogens with zero attached hydrogens (tertiary/aromatic N) is 1. The highest BCUT2D eigenvalue weighted by Gasteiger charge is 2.11. The third kappa shape index (κ3) is 38.1. The quantitative estimate of drug-likeness (QED) is 0.0248. The van der Waals surface area contributed by atoms with Gasteiger partial charge >= 0.3 is 0 Å². The van der Waals surface area contributed by atoms with E-state index in [0.29, 0.717) is 25.8 Å². The highest BCUT2D eigenvalue weighted by atomic mass is 16.5. The molecule has 0 aliphatic heterocycles. The van der Waals surface area contributed by atoms with Crippen LogP contribution in [-0.2, 0) is 14.2 Å². The van der Waals surface area contributed by atoms with Crippen molar-refractivity contribution < 1.29 is 29.5 Å². The summed E-state index contributed by atoms with van der Waals surface area (Å²) in [7, 11) is 0. The largest absolute Gasteiger partial charge is 0.389 e. The molecule has 0 bridgehead atoms. The number of rotatable bonds is 39. The molecule has 49 heavy (non-hydrogen) atoms. The van der Waals surface area contributed by atoms with Gasteiger partial charge in [-0.25, -0.2) is 0 Å². The van der Waals surface area contributed by atoms with Crippen LogP contribution in [0.2, 0.25) is 0 Å². The number of ether oxygens (including phenoxy) is 3. The Balaban J connectivity index is 4.39. The van der Waals surface area contributed by atoms with Crippen LogP contribution in [0.15, 0.2) is 4.99 Å². The molecule has 0 saturated carbocycles. The minimum atomic E-state index is -0.729. The second-order valence-corrected chi connectivity index (χ2v) is 14.1. The van der Waals surface area contributed by atoms with E-state index >= 15 is 0 Å². The molecule has 0 amide bonds. The van der Waals surface area contributed by atoms with E-state index in [1.165, 1.54) is 116 Å². The number of aliphatic hydroxyl groups is 3. The Labute approximate surface area is 303 Å². The molecule has 5 N–H and O–H groups in total. The molecule has 9 heteroatoms. The number of aliphatic imine (C=N–C) groups is 1. The molecule has 0 spiro atoms. The van der Waals surface area contributed by atoms with Crippen LogP contribution in [0, 0.1) is 0 Å². The van der Waals surface area contributed by atoms with E-state index in [4.69, 9.17) is 14.2 Å². The topological polar surface area (TPSA) is 125 Å². The van der Waals surface area contributed by atoms with Gasteiger partial charge < -0.3 is 40.2 Å². The molecule has 0 rings (SSSR count). The van der Waals surface area contributed by atoms with Gasteiger partial charge in [-0.05, 0) is 19.3 Å². The van der Waals surface area contributed by atoms with Crippen molar-refractivity contribution >= 4 is 5.96 Å². The first-order valence-corrected chi connectivity index (χ1v) is 20.8. The van der Waals surface area contributed by atoms with Crippen LogP contribution in [-0.4, -0.2) is 98.9 Å². The lowest BCUT2D eigenvalue weighted by Crippen LogP contribution is -2.45. The van der Waals surface area contributed by atoms with Crippen molar-refractivity contribution in [3.05, 3.63) is 0 Å². The van der Waals surface area contributed by atoms with Crippen LogP contribution in [0.4, 0.5) is 0 Å². The molecule has 3 atom stereocenters. The number of nitrogens with one attached hydrogen (secondary N) is 2. The van der Waals surface area contributed by atoms with Gasteiger partial charge in [0.25, 0.3) is 0 Å². The third-order valence-electron chi connectivity index (χ3n) is 8.83. The predicted molar refractivity (Wildman–Crippen MR) is 207 cm³/mol. The molecule has 0 heterocycles. The maximum absolute atomic E-state index is 10.5. The number of unbranched alkanes of at least 4 members (excludes halogenated alkanes) is 21. The van der Waals surface area contributed by atoms with E-state index < -0.39 is 18.3 Å². The minimum Gasteiger partial charge on any atom is -0.389 e. The number of aliphatic hydroxyl groups excluding tert-OH is 3. The lowest BCUT2D eigenvalue weighted by Gasteiger charge is -2.19. The van der Waals surface area contributed by atoms with Gasteiger partial charge in [0.1, 0.15) is 0 Å². The first-order chi connectivity index (χ1) is 24.0.